The first-order chi connectivity index (χ1) is 14.1. The van der Waals surface area contributed by atoms with E-state index in [2.05, 4.69) is 57.8 Å². The fraction of sp³-hybridized carbons (Fsp3) is 0.435. The average molecular weight is 397 g/mol. The van der Waals surface area contributed by atoms with Crippen molar-refractivity contribution in [3.63, 3.8) is 0 Å². The maximum Gasteiger partial charge on any atom is 0.191 e. The van der Waals surface area contributed by atoms with Crippen molar-refractivity contribution < 1.29 is 9.47 Å². The van der Waals surface area contributed by atoms with Gasteiger partial charge in [0.05, 0.1) is 19.8 Å². The molecule has 6 nitrogen and oxygen atoms in total. The number of hydrogen-bond donors (Lipinski definition) is 2. The smallest absolute Gasteiger partial charge is 0.191 e. The van der Waals surface area contributed by atoms with Crippen molar-refractivity contribution in [3.8, 4) is 5.75 Å². The molecule has 2 aromatic carbocycles. The third kappa shape index (κ3) is 6.68. The molecule has 0 aliphatic carbocycles. The minimum absolute atomic E-state index is 0.0307. The molecule has 1 aliphatic rings. The van der Waals surface area contributed by atoms with Gasteiger partial charge in [-0.3, -0.25) is 4.99 Å². The zero-order chi connectivity index (χ0) is 20.5. The summed E-state index contributed by atoms with van der Waals surface area (Å²) >= 11 is 0. The number of benzene rings is 2. The predicted molar refractivity (Wildman–Crippen MR) is 119 cm³/mol. The van der Waals surface area contributed by atoms with Crippen molar-refractivity contribution in [2.75, 3.05) is 44.8 Å². The maximum absolute atomic E-state index is 5.96. The molecule has 2 aromatic rings. The van der Waals surface area contributed by atoms with Gasteiger partial charge in [0.2, 0.25) is 0 Å². The van der Waals surface area contributed by atoms with Crippen molar-refractivity contribution in [2.24, 2.45) is 4.99 Å². The normalized spacial score (nSPS) is 15.7. The number of morpholine rings is 1. The molecule has 0 amide bonds. The van der Waals surface area contributed by atoms with Crippen LogP contribution in [0.4, 0.5) is 5.69 Å². The molecule has 29 heavy (non-hydrogen) atoms. The minimum atomic E-state index is 0.0307. The van der Waals surface area contributed by atoms with Crippen LogP contribution in [-0.2, 0) is 11.3 Å². The molecule has 0 saturated carbocycles. The minimum Gasteiger partial charge on any atom is -0.489 e. The van der Waals surface area contributed by atoms with Gasteiger partial charge in [0.15, 0.2) is 5.96 Å². The Morgan fingerprint density at radius 2 is 1.90 bits per heavy atom. The van der Waals surface area contributed by atoms with Gasteiger partial charge in [0.25, 0.3) is 0 Å². The summed E-state index contributed by atoms with van der Waals surface area (Å²) in [6, 6.07) is 16.8. The molecule has 1 unspecified atom stereocenters. The van der Waals surface area contributed by atoms with Crippen LogP contribution in [-0.4, -0.2) is 52.0 Å². The zero-order valence-electron chi connectivity index (χ0n) is 17.6. The molecule has 0 aromatic heterocycles. The fourth-order valence-corrected chi connectivity index (χ4v) is 3.26. The van der Waals surface area contributed by atoms with Crippen LogP contribution >= 0.6 is 0 Å². The van der Waals surface area contributed by atoms with Gasteiger partial charge >= 0.3 is 0 Å². The van der Waals surface area contributed by atoms with Gasteiger partial charge in [-0.25, -0.2) is 0 Å². The van der Waals surface area contributed by atoms with Crippen molar-refractivity contribution in [1.29, 1.82) is 0 Å². The number of hydrogen-bond acceptors (Lipinski definition) is 4. The molecule has 3 rings (SSSR count). The van der Waals surface area contributed by atoms with Crippen molar-refractivity contribution in [3.05, 3.63) is 59.7 Å². The number of nitrogens with one attached hydrogen (secondary N) is 2. The van der Waals surface area contributed by atoms with Crippen LogP contribution in [0.5, 0.6) is 5.75 Å². The van der Waals surface area contributed by atoms with Gasteiger partial charge in [-0.15, -0.1) is 0 Å². The second kappa shape index (κ2) is 10.7. The molecule has 0 spiro atoms. The Morgan fingerprint density at radius 1 is 1.14 bits per heavy atom. The molecular formula is C23H32N4O2. The number of ether oxygens (including phenoxy) is 2. The van der Waals surface area contributed by atoms with Crippen molar-refractivity contribution in [2.45, 2.75) is 26.5 Å². The second-order valence-electron chi connectivity index (χ2n) is 7.32. The first kappa shape index (κ1) is 21.0. The van der Waals surface area contributed by atoms with E-state index in [1.165, 1.54) is 16.8 Å². The molecule has 1 saturated heterocycles. The van der Waals surface area contributed by atoms with Crippen LogP contribution in [0.2, 0.25) is 0 Å². The molecule has 6 heteroatoms. The number of nitrogens with zero attached hydrogens (tertiary/aromatic N) is 2. The standard InChI is InChI=1S/C23H32N4O2/c1-18-5-4-6-22(15-18)29-19(2)16-25-23(24-3)26-17-20-7-9-21(10-8-20)27-11-13-28-14-12-27/h4-10,15,19H,11-14,16-17H2,1-3H3,(H2,24,25,26). The van der Waals surface area contributed by atoms with E-state index >= 15 is 0 Å². The highest BCUT2D eigenvalue weighted by Crippen LogP contribution is 2.16. The molecule has 1 atom stereocenters. The van der Waals surface area contributed by atoms with Crippen LogP contribution in [0, 0.1) is 6.92 Å². The topological polar surface area (TPSA) is 58.1 Å². The summed E-state index contributed by atoms with van der Waals surface area (Å²) in [7, 11) is 1.78. The Balaban J connectivity index is 1.42. The largest absolute Gasteiger partial charge is 0.489 e. The fourth-order valence-electron chi connectivity index (χ4n) is 3.26. The highest BCUT2D eigenvalue weighted by atomic mass is 16.5. The first-order valence-electron chi connectivity index (χ1n) is 10.2. The van der Waals surface area contributed by atoms with Gasteiger partial charge < -0.3 is 25.0 Å². The highest BCUT2D eigenvalue weighted by molar-refractivity contribution is 5.79. The molecule has 0 radical (unpaired) electrons. The molecular weight excluding hydrogens is 364 g/mol. The summed E-state index contributed by atoms with van der Waals surface area (Å²) in [5, 5.41) is 6.69. The van der Waals surface area contributed by atoms with Crippen molar-refractivity contribution >= 4 is 11.6 Å². The monoisotopic (exact) mass is 396 g/mol. The van der Waals surface area contributed by atoms with Crippen LogP contribution in [0.3, 0.4) is 0 Å². The lowest BCUT2D eigenvalue weighted by Gasteiger charge is -2.29. The lowest BCUT2D eigenvalue weighted by Crippen LogP contribution is -2.41. The third-order valence-corrected chi connectivity index (χ3v) is 4.88. The van der Waals surface area contributed by atoms with E-state index in [1.54, 1.807) is 7.05 Å². The summed E-state index contributed by atoms with van der Waals surface area (Å²) in [4.78, 5) is 6.66. The summed E-state index contributed by atoms with van der Waals surface area (Å²) in [6.07, 6.45) is 0.0307. The summed E-state index contributed by atoms with van der Waals surface area (Å²) < 4.78 is 11.4. The summed E-state index contributed by atoms with van der Waals surface area (Å²) in [5.74, 6) is 1.66. The zero-order valence-corrected chi connectivity index (χ0v) is 17.6. The number of aryl methyl sites for hydroxylation is 1. The van der Waals surface area contributed by atoms with Crippen LogP contribution in [0.25, 0.3) is 0 Å². The molecule has 2 N–H and O–H groups in total. The lowest BCUT2D eigenvalue weighted by molar-refractivity contribution is 0.122. The molecule has 1 heterocycles. The van der Waals surface area contributed by atoms with Crippen molar-refractivity contribution in [1.82, 2.24) is 10.6 Å². The number of aliphatic imine (C=N–C) groups is 1. The summed E-state index contributed by atoms with van der Waals surface area (Å²) in [5.41, 5.74) is 3.66. The van der Waals surface area contributed by atoms with Gasteiger partial charge in [0.1, 0.15) is 11.9 Å². The first-order valence-corrected chi connectivity index (χ1v) is 10.2. The Morgan fingerprint density at radius 3 is 2.59 bits per heavy atom. The number of rotatable bonds is 7. The van der Waals surface area contributed by atoms with E-state index in [9.17, 15) is 0 Å². The van der Waals surface area contributed by atoms with E-state index < -0.39 is 0 Å². The van der Waals surface area contributed by atoms with E-state index in [-0.39, 0.29) is 6.10 Å². The number of anilines is 1. The predicted octanol–water partition coefficient (Wildman–Crippen LogP) is 2.96. The maximum atomic E-state index is 5.96. The van der Waals surface area contributed by atoms with Crippen LogP contribution in [0.1, 0.15) is 18.1 Å². The molecule has 1 fully saturated rings. The summed E-state index contributed by atoms with van der Waals surface area (Å²) in [6.45, 7) is 9.02. The van der Waals surface area contributed by atoms with Gasteiger partial charge in [0, 0.05) is 32.4 Å². The van der Waals surface area contributed by atoms with Gasteiger partial charge in [-0.2, -0.15) is 0 Å². The van der Waals surface area contributed by atoms with E-state index in [0.717, 1.165) is 44.6 Å². The van der Waals surface area contributed by atoms with Crippen LogP contribution in [0.15, 0.2) is 53.5 Å². The van der Waals surface area contributed by atoms with E-state index in [0.29, 0.717) is 6.54 Å². The highest BCUT2D eigenvalue weighted by Gasteiger charge is 2.11. The molecule has 1 aliphatic heterocycles. The second-order valence-corrected chi connectivity index (χ2v) is 7.32. The lowest BCUT2D eigenvalue weighted by atomic mass is 10.2. The average Bonchev–Trinajstić information content (AvgIpc) is 2.75. The Bertz CT molecular complexity index is 786. The molecule has 156 valence electrons. The Hall–Kier alpha value is -2.73. The third-order valence-electron chi connectivity index (χ3n) is 4.88. The quantitative estimate of drug-likeness (QED) is 0.557. The Kier molecular flexibility index (Phi) is 7.76. The molecule has 0 bridgehead atoms. The SMILES string of the molecule is CN=C(NCc1ccc(N2CCOCC2)cc1)NCC(C)Oc1cccc(C)c1. The Labute approximate surface area is 173 Å². The van der Waals surface area contributed by atoms with Gasteiger partial charge in [-0.05, 0) is 49.2 Å². The van der Waals surface area contributed by atoms with E-state index in [1.807, 2.05) is 25.1 Å². The van der Waals surface area contributed by atoms with E-state index in [4.69, 9.17) is 9.47 Å². The van der Waals surface area contributed by atoms with Gasteiger partial charge in [-0.1, -0.05) is 24.3 Å². The van der Waals surface area contributed by atoms with Crippen LogP contribution < -0.4 is 20.3 Å². The number of guanidine groups is 1.